The Bertz CT molecular complexity index is 702. The topological polar surface area (TPSA) is 80.4 Å². The molecule has 0 saturated heterocycles. The van der Waals surface area contributed by atoms with Gasteiger partial charge in [0.1, 0.15) is 9.09 Å². The third kappa shape index (κ3) is 3.24. The van der Waals surface area contributed by atoms with Crippen LogP contribution in [-0.2, 0) is 0 Å². The largest absolute Gasteiger partial charge is 0.477 e. The Morgan fingerprint density at radius 3 is 2.60 bits per heavy atom. The van der Waals surface area contributed by atoms with Crippen molar-refractivity contribution in [3.8, 4) is 0 Å². The Hall–Kier alpha value is -1.28. The first kappa shape index (κ1) is 15.1. The minimum absolute atomic E-state index is 0.0933. The molecule has 5 nitrogen and oxygen atoms in total. The van der Waals surface area contributed by atoms with E-state index in [0.717, 1.165) is 29.2 Å². The fourth-order valence-corrected chi connectivity index (χ4v) is 3.98. The van der Waals surface area contributed by atoms with Gasteiger partial charge >= 0.3 is 5.97 Å². The fraction of sp³-hybridized carbons (Fsp3) is 0. The third-order valence-electron chi connectivity index (χ3n) is 2.18. The molecule has 0 fully saturated rings. The molecule has 9 heteroatoms. The van der Waals surface area contributed by atoms with Crippen molar-refractivity contribution in [2.75, 3.05) is 0 Å². The number of hydrogen-bond donors (Lipinski definition) is 1. The molecule has 0 aliphatic rings. The van der Waals surface area contributed by atoms with Crippen molar-refractivity contribution in [2.45, 2.75) is 9.10 Å². The molecule has 0 amide bonds. The van der Waals surface area contributed by atoms with Crippen LogP contribution < -0.4 is 0 Å². The van der Waals surface area contributed by atoms with E-state index in [1.54, 1.807) is 12.1 Å². The van der Waals surface area contributed by atoms with Gasteiger partial charge in [-0.3, -0.25) is 10.1 Å². The number of nitrogens with zero attached hydrogens (tertiary/aromatic N) is 1. The van der Waals surface area contributed by atoms with Gasteiger partial charge in [-0.1, -0.05) is 35.0 Å². The summed E-state index contributed by atoms with van der Waals surface area (Å²) in [5, 5.41) is 20.6. The molecule has 1 aromatic heterocycles. The Morgan fingerprint density at radius 2 is 2.05 bits per heavy atom. The van der Waals surface area contributed by atoms with Crippen LogP contribution in [0.25, 0.3) is 0 Å². The Kier molecular flexibility index (Phi) is 4.54. The maximum absolute atomic E-state index is 10.9. The molecule has 20 heavy (non-hydrogen) atoms. The quantitative estimate of drug-likeness (QED) is 0.632. The SMILES string of the molecule is O=C(O)c1cc([N+](=O)[O-])c(Sc2ccc(Cl)cc2Cl)s1. The van der Waals surface area contributed by atoms with Gasteiger partial charge in [0.2, 0.25) is 0 Å². The number of thiophene rings is 1. The van der Waals surface area contributed by atoms with E-state index in [9.17, 15) is 14.9 Å². The molecule has 0 spiro atoms. The average molecular weight is 350 g/mol. The van der Waals surface area contributed by atoms with Gasteiger partial charge in [-0.05, 0) is 18.2 Å². The van der Waals surface area contributed by atoms with Gasteiger partial charge < -0.3 is 5.11 Å². The minimum atomic E-state index is -1.20. The van der Waals surface area contributed by atoms with Gasteiger partial charge in [-0.2, -0.15) is 0 Å². The zero-order valence-corrected chi connectivity index (χ0v) is 12.6. The first-order chi connectivity index (χ1) is 9.38. The van der Waals surface area contributed by atoms with Gasteiger partial charge in [0.15, 0.2) is 0 Å². The minimum Gasteiger partial charge on any atom is -0.477 e. The van der Waals surface area contributed by atoms with Gasteiger partial charge in [-0.15, -0.1) is 11.3 Å². The molecule has 1 heterocycles. The maximum Gasteiger partial charge on any atom is 0.346 e. The number of carbonyl (C=O) groups is 1. The lowest BCUT2D eigenvalue weighted by Gasteiger charge is -2.02. The van der Waals surface area contributed by atoms with Crippen molar-refractivity contribution in [3.63, 3.8) is 0 Å². The zero-order chi connectivity index (χ0) is 14.9. The van der Waals surface area contributed by atoms with Gasteiger partial charge in [0, 0.05) is 16.0 Å². The van der Waals surface area contributed by atoms with E-state index in [0.29, 0.717) is 14.9 Å². The predicted molar refractivity (Wildman–Crippen MR) is 78.5 cm³/mol. The van der Waals surface area contributed by atoms with E-state index in [-0.39, 0.29) is 14.8 Å². The van der Waals surface area contributed by atoms with Gasteiger partial charge in [-0.25, -0.2) is 4.79 Å². The van der Waals surface area contributed by atoms with E-state index < -0.39 is 10.9 Å². The van der Waals surface area contributed by atoms with Crippen LogP contribution in [0.3, 0.4) is 0 Å². The number of carboxylic acids is 1. The summed E-state index contributed by atoms with van der Waals surface area (Å²) in [5.74, 6) is -1.20. The summed E-state index contributed by atoms with van der Waals surface area (Å²) in [4.78, 5) is 21.7. The number of benzene rings is 1. The van der Waals surface area contributed by atoms with Crippen LogP contribution in [0.1, 0.15) is 9.67 Å². The van der Waals surface area contributed by atoms with E-state index >= 15 is 0 Å². The number of hydrogen-bond acceptors (Lipinski definition) is 5. The second-order valence-electron chi connectivity index (χ2n) is 3.52. The van der Waals surface area contributed by atoms with E-state index in [1.165, 1.54) is 6.07 Å². The molecule has 0 unspecified atom stereocenters. The van der Waals surface area contributed by atoms with Crippen LogP contribution in [0.15, 0.2) is 33.4 Å². The number of rotatable bonds is 4. The average Bonchev–Trinajstić information content (AvgIpc) is 2.77. The highest BCUT2D eigenvalue weighted by Crippen LogP contribution is 2.43. The summed E-state index contributed by atoms with van der Waals surface area (Å²) in [5.41, 5.74) is -0.247. The highest BCUT2D eigenvalue weighted by Gasteiger charge is 2.23. The highest BCUT2D eigenvalue weighted by molar-refractivity contribution is 8.01. The molecule has 0 saturated carbocycles. The van der Waals surface area contributed by atoms with Crippen molar-refractivity contribution in [3.05, 3.63) is 49.3 Å². The molecule has 0 aliphatic carbocycles. The number of aromatic carboxylic acids is 1. The molecule has 0 atom stereocenters. The lowest BCUT2D eigenvalue weighted by molar-refractivity contribution is -0.387. The predicted octanol–water partition coefficient (Wildman–Crippen LogP) is 4.81. The van der Waals surface area contributed by atoms with Crippen LogP contribution in [-0.4, -0.2) is 16.0 Å². The van der Waals surface area contributed by atoms with Crippen molar-refractivity contribution < 1.29 is 14.8 Å². The van der Waals surface area contributed by atoms with Crippen LogP contribution in [0, 0.1) is 10.1 Å². The molecule has 1 N–H and O–H groups in total. The molecular formula is C11H5Cl2NO4S2. The van der Waals surface area contributed by atoms with E-state index in [2.05, 4.69) is 0 Å². The second-order valence-corrected chi connectivity index (χ2v) is 6.73. The molecule has 1 aromatic carbocycles. The van der Waals surface area contributed by atoms with Crippen molar-refractivity contribution >= 4 is 58.0 Å². The highest BCUT2D eigenvalue weighted by atomic mass is 35.5. The van der Waals surface area contributed by atoms with Crippen molar-refractivity contribution in [1.29, 1.82) is 0 Å². The lowest BCUT2D eigenvalue weighted by atomic mass is 10.4. The summed E-state index contributed by atoms with van der Waals surface area (Å²) in [6.07, 6.45) is 0. The van der Waals surface area contributed by atoms with Gasteiger partial charge in [0.05, 0.1) is 9.95 Å². The number of nitro groups is 1. The Labute approximate surface area is 131 Å². The maximum atomic E-state index is 10.9. The summed E-state index contributed by atoms with van der Waals surface area (Å²) in [6, 6.07) is 5.79. The van der Waals surface area contributed by atoms with Crippen LogP contribution in [0.5, 0.6) is 0 Å². The molecule has 0 aliphatic heterocycles. The molecule has 0 bridgehead atoms. The summed E-state index contributed by atoms with van der Waals surface area (Å²) >= 11 is 13.6. The van der Waals surface area contributed by atoms with Crippen molar-refractivity contribution in [2.24, 2.45) is 0 Å². The molecule has 2 aromatic rings. The monoisotopic (exact) mass is 349 g/mol. The number of halogens is 2. The lowest BCUT2D eigenvalue weighted by Crippen LogP contribution is -1.91. The normalized spacial score (nSPS) is 10.5. The molecule has 104 valence electrons. The second kappa shape index (κ2) is 6.01. The van der Waals surface area contributed by atoms with E-state index in [1.807, 2.05) is 0 Å². The number of carboxylic acid groups (broad SMARTS) is 1. The molecular weight excluding hydrogens is 345 g/mol. The third-order valence-corrected chi connectivity index (χ3v) is 5.22. The van der Waals surface area contributed by atoms with Crippen molar-refractivity contribution in [1.82, 2.24) is 0 Å². The van der Waals surface area contributed by atoms with Crippen LogP contribution in [0.4, 0.5) is 5.69 Å². The summed E-state index contributed by atoms with van der Waals surface area (Å²) in [6.45, 7) is 0. The van der Waals surface area contributed by atoms with E-state index in [4.69, 9.17) is 28.3 Å². The van der Waals surface area contributed by atoms with Gasteiger partial charge in [0.25, 0.3) is 5.69 Å². The standard InChI is InChI=1S/C11H5Cl2NO4S2/c12-5-1-2-8(6(13)3-5)19-11-7(14(17)18)4-9(20-11)10(15)16/h1-4H,(H,15,16). The van der Waals surface area contributed by atoms with Crippen LogP contribution in [0.2, 0.25) is 10.0 Å². The zero-order valence-electron chi connectivity index (χ0n) is 9.50. The first-order valence-electron chi connectivity index (χ1n) is 5.03. The first-order valence-corrected chi connectivity index (χ1v) is 7.42. The summed E-state index contributed by atoms with van der Waals surface area (Å²) < 4.78 is 0.261. The Morgan fingerprint density at radius 1 is 1.35 bits per heavy atom. The molecule has 2 rings (SSSR count). The van der Waals surface area contributed by atoms with Crippen LogP contribution >= 0.6 is 46.3 Å². The summed E-state index contributed by atoms with van der Waals surface area (Å²) in [7, 11) is 0. The Balaban J connectivity index is 2.42. The fourth-order valence-electron chi connectivity index (χ4n) is 1.33. The molecule has 0 radical (unpaired) electrons. The smallest absolute Gasteiger partial charge is 0.346 e.